The van der Waals surface area contributed by atoms with E-state index in [1.165, 1.54) is 12.1 Å². The van der Waals surface area contributed by atoms with Gasteiger partial charge in [0.25, 0.3) is 0 Å². The molecule has 0 aliphatic rings. The van der Waals surface area contributed by atoms with Gasteiger partial charge in [-0.05, 0) is 18.6 Å². The van der Waals surface area contributed by atoms with Crippen LogP contribution in [0.5, 0.6) is 0 Å². The summed E-state index contributed by atoms with van der Waals surface area (Å²) in [7, 11) is -0.902. The van der Waals surface area contributed by atoms with Gasteiger partial charge in [-0.15, -0.1) is 0 Å². The van der Waals surface area contributed by atoms with Gasteiger partial charge in [0, 0.05) is 29.4 Å². The van der Waals surface area contributed by atoms with E-state index in [1.54, 1.807) is 6.26 Å². The lowest BCUT2D eigenvalue weighted by Gasteiger charge is -2.11. The molecular formula is C12H14Cl2N2O4S. The van der Waals surface area contributed by atoms with Gasteiger partial charge >= 0.3 is 12.0 Å². The van der Waals surface area contributed by atoms with Crippen molar-refractivity contribution in [3.05, 3.63) is 27.7 Å². The first-order valence-electron chi connectivity index (χ1n) is 5.88. The molecule has 3 N–H and O–H groups in total. The van der Waals surface area contributed by atoms with Gasteiger partial charge in [0.15, 0.2) is 0 Å². The molecule has 0 saturated carbocycles. The summed E-state index contributed by atoms with van der Waals surface area (Å²) in [5.41, 5.74) is 0.0706. The molecule has 0 heterocycles. The fourth-order valence-corrected chi connectivity index (χ4v) is 2.58. The minimum atomic E-state index is -1.16. The molecule has 0 aromatic heterocycles. The summed E-state index contributed by atoms with van der Waals surface area (Å²) in [6.45, 7) is 0.355. The van der Waals surface area contributed by atoms with Crippen molar-refractivity contribution in [1.29, 1.82) is 0 Å². The Bertz CT molecular complexity index is 557. The third-order valence-corrected chi connectivity index (χ3v) is 3.88. The molecule has 1 aromatic rings. The second-order valence-electron chi connectivity index (χ2n) is 4.13. The van der Waals surface area contributed by atoms with Gasteiger partial charge in [0.1, 0.15) is 0 Å². The molecule has 6 nitrogen and oxygen atoms in total. The number of hydrogen-bond acceptors (Lipinski definition) is 3. The van der Waals surface area contributed by atoms with Crippen LogP contribution in [0.1, 0.15) is 16.8 Å². The van der Waals surface area contributed by atoms with Gasteiger partial charge in [-0.1, -0.05) is 23.2 Å². The minimum Gasteiger partial charge on any atom is -0.478 e. The van der Waals surface area contributed by atoms with E-state index in [1.807, 2.05) is 0 Å². The SMILES string of the molecule is CS(=O)CCCNC(=O)Nc1c(Cl)cc(C(=O)O)cc1Cl. The fraction of sp³-hybridized carbons (Fsp3) is 0.333. The Hall–Kier alpha value is -1.31. The van der Waals surface area contributed by atoms with Crippen LogP contribution >= 0.6 is 23.2 Å². The summed E-state index contributed by atoms with van der Waals surface area (Å²) >= 11 is 11.8. The molecule has 0 fully saturated rings. The zero-order chi connectivity index (χ0) is 16.0. The molecule has 1 aromatic carbocycles. The van der Waals surface area contributed by atoms with Crippen LogP contribution in [0, 0.1) is 0 Å². The topological polar surface area (TPSA) is 95.5 Å². The van der Waals surface area contributed by atoms with Crippen LogP contribution in [0.3, 0.4) is 0 Å². The third kappa shape index (κ3) is 5.91. The number of halogens is 2. The highest BCUT2D eigenvalue weighted by atomic mass is 35.5. The van der Waals surface area contributed by atoms with Crippen molar-refractivity contribution in [1.82, 2.24) is 5.32 Å². The lowest BCUT2D eigenvalue weighted by Crippen LogP contribution is -2.30. The highest BCUT2D eigenvalue weighted by Gasteiger charge is 2.14. The van der Waals surface area contributed by atoms with E-state index in [0.717, 1.165) is 0 Å². The monoisotopic (exact) mass is 352 g/mol. The van der Waals surface area contributed by atoms with Gasteiger partial charge in [-0.25, -0.2) is 9.59 Å². The van der Waals surface area contributed by atoms with Crippen LogP contribution in [0.15, 0.2) is 12.1 Å². The second kappa shape index (κ2) is 8.21. The number of aromatic carboxylic acids is 1. The molecule has 0 aliphatic carbocycles. The Morgan fingerprint density at radius 2 is 1.86 bits per heavy atom. The van der Waals surface area contributed by atoms with Crippen LogP contribution in [0.25, 0.3) is 0 Å². The molecule has 2 amide bonds. The van der Waals surface area contributed by atoms with Gasteiger partial charge in [-0.3, -0.25) is 4.21 Å². The molecule has 1 unspecified atom stereocenters. The van der Waals surface area contributed by atoms with Crippen molar-refractivity contribution >= 4 is 51.7 Å². The fourth-order valence-electron chi connectivity index (χ4n) is 1.45. The van der Waals surface area contributed by atoms with Gasteiger partial charge < -0.3 is 15.7 Å². The molecule has 21 heavy (non-hydrogen) atoms. The van der Waals surface area contributed by atoms with Crippen molar-refractivity contribution in [2.24, 2.45) is 0 Å². The van der Waals surface area contributed by atoms with Crippen LogP contribution in [0.4, 0.5) is 10.5 Å². The number of nitrogens with one attached hydrogen (secondary N) is 2. The number of carbonyl (C=O) groups is 2. The number of anilines is 1. The van der Waals surface area contributed by atoms with E-state index in [-0.39, 0.29) is 21.3 Å². The normalized spacial score (nSPS) is 11.8. The molecule has 0 radical (unpaired) electrons. The van der Waals surface area contributed by atoms with Crippen LogP contribution < -0.4 is 10.6 Å². The minimum absolute atomic E-state index is 0.0321. The highest BCUT2D eigenvalue weighted by Crippen LogP contribution is 2.31. The number of amides is 2. The first-order valence-corrected chi connectivity index (χ1v) is 8.36. The Labute approximate surface area is 134 Å². The average Bonchev–Trinajstić information content (AvgIpc) is 2.38. The maximum absolute atomic E-state index is 11.6. The zero-order valence-corrected chi connectivity index (χ0v) is 13.4. The second-order valence-corrected chi connectivity index (χ2v) is 6.50. The lowest BCUT2D eigenvalue weighted by atomic mass is 10.2. The summed E-state index contributed by atoms with van der Waals surface area (Å²) in [4.78, 5) is 22.5. The summed E-state index contributed by atoms with van der Waals surface area (Å²) in [6, 6.07) is 1.88. The average molecular weight is 353 g/mol. The number of carboxylic acid groups (broad SMARTS) is 1. The summed E-state index contributed by atoms with van der Waals surface area (Å²) < 4.78 is 10.9. The van der Waals surface area contributed by atoms with Gasteiger partial charge in [0.05, 0.1) is 21.3 Å². The number of carbonyl (C=O) groups excluding carboxylic acids is 1. The first kappa shape index (κ1) is 17.7. The van der Waals surface area contributed by atoms with E-state index < -0.39 is 22.8 Å². The lowest BCUT2D eigenvalue weighted by molar-refractivity contribution is 0.0697. The van der Waals surface area contributed by atoms with E-state index in [4.69, 9.17) is 28.3 Å². The molecule has 0 bridgehead atoms. The Kier molecular flexibility index (Phi) is 6.94. The quantitative estimate of drug-likeness (QED) is 0.685. The van der Waals surface area contributed by atoms with E-state index >= 15 is 0 Å². The number of rotatable bonds is 6. The smallest absolute Gasteiger partial charge is 0.335 e. The standard InChI is InChI=1S/C12H14Cl2N2O4S/c1-21(20)4-2-3-15-12(19)16-10-8(13)5-7(11(17)18)6-9(10)14/h5-6H,2-4H2,1H3,(H,17,18)(H2,15,16,19). The van der Waals surface area contributed by atoms with Crippen molar-refractivity contribution in [3.8, 4) is 0 Å². The Morgan fingerprint density at radius 3 is 2.33 bits per heavy atom. The molecule has 0 saturated heterocycles. The molecule has 1 atom stereocenters. The third-order valence-electron chi connectivity index (χ3n) is 2.42. The predicted octanol–water partition coefficient (Wildman–Crippen LogP) is 2.58. The molecule has 0 spiro atoms. The molecule has 9 heteroatoms. The summed E-state index contributed by atoms with van der Waals surface area (Å²) in [5, 5.41) is 13.9. The summed E-state index contributed by atoms with van der Waals surface area (Å²) in [6.07, 6.45) is 2.17. The van der Waals surface area contributed by atoms with E-state index in [9.17, 15) is 13.8 Å². The van der Waals surface area contributed by atoms with Crippen molar-refractivity contribution in [2.45, 2.75) is 6.42 Å². The van der Waals surface area contributed by atoms with Crippen LogP contribution in [-0.4, -0.2) is 39.9 Å². The number of carboxylic acids is 1. The molecule has 116 valence electrons. The number of urea groups is 1. The van der Waals surface area contributed by atoms with Gasteiger partial charge in [0.2, 0.25) is 0 Å². The summed E-state index contributed by atoms with van der Waals surface area (Å²) in [5.74, 6) is -0.669. The highest BCUT2D eigenvalue weighted by molar-refractivity contribution is 7.84. The predicted molar refractivity (Wildman–Crippen MR) is 84.0 cm³/mol. The number of hydrogen-bond donors (Lipinski definition) is 3. The van der Waals surface area contributed by atoms with Crippen molar-refractivity contribution in [2.75, 3.05) is 23.9 Å². The van der Waals surface area contributed by atoms with Crippen molar-refractivity contribution < 1.29 is 18.9 Å². The molecular weight excluding hydrogens is 339 g/mol. The molecule has 0 aliphatic heterocycles. The number of benzene rings is 1. The van der Waals surface area contributed by atoms with E-state index in [0.29, 0.717) is 18.7 Å². The van der Waals surface area contributed by atoms with Crippen LogP contribution in [-0.2, 0) is 10.8 Å². The zero-order valence-electron chi connectivity index (χ0n) is 11.1. The maximum atomic E-state index is 11.6. The Morgan fingerprint density at radius 1 is 1.29 bits per heavy atom. The van der Waals surface area contributed by atoms with Crippen molar-refractivity contribution in [3.63, 3.8) is 0 Å². The Balaban J connectivity index is 2.64. The maximum Gasteiger partial charge on any atom is 0.335 e. The van der Waals surface area contributed by atoms with Crippen LogP contribution in [0.2, 0.25) is 10.0 Å². The largest absolute Gasteiger partial charge is 0.478 e. The first-order chi connectivity index (χ1) is 9.81. The molecule has 1 rings (SSSR count). The van der Waals surface area contributed by atoms with E-state index in [2.05, 4.69) is 10.6 Å². The van der Waals surface area contributed by atoms with Gasteiger partial charge in [-0.2, -0.15) is 0 Å².